The van der Waals surface area contributed by atoms with Crippen molar-refractivity contribution < 1.29 is 30.4 Å². The third-order valence-corrected chi connectivity index (χ3v) is 5.03. The Bertz CT molecular complexity index is 510. The van der Waals surface area contributed by atoms with Gasteiger partial charge in [0.1, 0.15) is 0 Å². The molecule has 3 nitrogen and oxygen atoms in total. The van der Waals surface area contributed by atoms with Crippen molar-refractivity contribution in [3.8, 4) is 0 Å². The summed E-state index contributed by atoms with van der Waals surface area (Å²) in [5, 5.41) is -4.77. The number of rotatable bonds is 2. The van der Waals surface area contributed by atoms with E-state index in [1.807, 2.05) is 0 Å². The van der Waals surface area contributed by atoms with Crippen LogP contribution in [0, 0.1) is 5.92 Å². The fraction of sp³-hybridized carbons (Fsp3) is 0.778. The molecular formula is C9H9ClF5NO2S. The van der Waals surface area contributed by atoms with Gasteiger partial charge in [-0.05, 0) is 18.0 Å². The van der Waals surface area contributed by atoms with Crippen LogP contribution < -0.4 is 0 Å². The van der Waals surface area contributed by atoms with Crippen LogP contribution in [0.4, 0.5) is 22.0 Å². The first-order valence-electron chi connectivity index (χ1n) is 5.15. The number of nitrogens with zero attached hydrogens (tertiary/aromatic N) is 1. The molecule has 0 aromatic carbocycles. The molecule has 1 fully saturated rings. The summed E-state index contributed by atoms with van der Waals surface area (Å²) in [6.45, 7) is 0. The van der Waals surface area contributed by atoms with Crippen molar-refractivity contribution in [2.24, 2.45) is 5.92 Å². The second kappa shape index (κ2) is 3.82. The van der Waals surface area contributed by atoms with Crippen LogP contribution in [0.5, 0.6) is 0 Å². The molecule has 2 aliphatic rings. The molecule has 1 aliphatic carbocycles. The van der Waals surface area contributed by atoms with Crippen molar-refractivity contribution in [1.82, 2.24) is 4.31 Å². The van der Waals surface area contributed by atoms with Crippen LogP contribution in [0.2, 0.25) is 0 Å². The van der Waals surface area contributed by atoms with E-state index in [9.17, 15) is 30.4 Å². The predicted octanol–water partition coefficient (Wildman–Crippen LogP) is 2.34. The summed E-state index contributed by atoms with van der Waals surface area (Å²) in [6.07, 6.45) is -3.25. The van der Waals surface area contributed by atoms with Gasteiger partial charge in [-0.2, -0.15) is 26.3 Å². The van der Waals surface area contributed by atoms with Crippen LogP contribution in [-0.4, -0.2) is 42.1 Å². The maximum Gasteiger partial charge on any atom is 0.415 e. The number of alkyl halides is 6. The van der Waals surface area contributed by atoms with Crippen molar-refractivity contribution in [2.45, 2.75) is 29.6 Å². The SMILES string of the molecule is CS(=O)(=O)N1[C@@H]2C=C[C@H](C2)[C@@]1(C(F)(F)F)C(F)(F)Cl. The highest BCUT2D eigenvalue weighted by Gasteiger charge is 2.81. The van der Waals surface area contributed by atoms with Crippen molar-refractivity contribution in [1.29, 1.82) is 0 Å². The number of hydrogen-bond acceptors (Lipinski definition) is 2. The molecular weight excluding hydrogens is 317 g/mol. The minimum Gasteiger partial charge on any atom is -0.212 e. The highest BCUT2D eigenvalue weighted by molar-refractivity contribution is 7.88. The van der Waals surface area contributed by atoms with E-state index >= 15 is 0 Å². The number of sulfonamides is 1. The molecule has 1 aliphatic heterocycles. The zero-order valence-corrected chi connectivity index (χ0v) is 11.0. The van der Waals surface area contributed by atoms with Crippen LogP contribution >= 0.6 is 11.6 Å². The molecule has 0 radical (unpaired) electrons. The van der Waals surface area contributed by atoms with E-state index in [2.05, 4.69) is 11.6 Å². The van der Waals surface area contributed by atoms with Crippen LogP contribution in [0.3, 0.4) is 0 Å². The highest BCUT2D eigenvalue weighted by Crippen LogP contribution is 2.61. The Kier molecular flexibility index (Phi) is 3.02. The van der Waals surface area contributed by atoms with E-state index < -0.39 is 39.1 Å². The van der Waals surface area contributed by atoms with Crippen molar-refractivity contribution in [3.63, 3.8) is 0 Å². The lowest BCUT2D eigenvalue weighted by atomic mass is 9.85. The lowest BCUT2D eigenvalue weighted by Crippen LogP contribution is -2.69. The molecule has 19 heavy (non-hydrogen) atoms. The summed E-state index contributed by atoms with van der Waals surface area (Å²) in [4.78, 5) is 0. The molecule has 0 N–H and O–H groups in total. The van der Waals surface area contributed by atoms with Gasteiger partial charge in [-0.15, -0.1) is 0 Å². The van der Waals surface area contributed by atoms with Gasteiger partial charge in [0.2, 0.25) is 15.6 Å². The van der Waals surface area contributed by atoms with E-state index in [0.29, 0.717) is 6.26 Å². The van der Waals surface area contributed by atoms with Crippen molar-refractivity contribution in [3.05, 3.63) is 12.2 Å². The smallest absolute Gasteiger partial charge is 0.212 e. The average molecular weight is 326 g/mol. The third-order valence-electron chi connectivity index (χ3n) is 3.47. The maximum atomic E-state index is 13.5. The van der Waals surface area contributed by atoms with Gasteiger partial charge in [0, 0.05) is 12.0 Å². The second-order valence-corrected chi connectivity index (χ2v) is 6.95. The Labute approximate surface area is 111 Å². The third kappa shape index (κ3) is 1.81. The van der Waals surface area contributed by atoms with E-state index in [4.69, 9.17) is 0 Å². The number of hydrogen-bond donors (Lipinski definition) is 0. The molecule has 2 rings (SSSR count). The maximum absolute atomic E-state index is 13.5. The Balaban J connectivity index is 2.76. The Morgan fingerprint density at radius 3 is 2.11 bits per heavy atom. The molecule has 110 valence electrons. The molecule has 0 unspecified atom stereocenters. The topological polar surface area (TPSA) is 37.4 Å². The summed E-state index contributed by atoms with van der Waals surface area (Å²) >= 11 is 4.68. The minimum absolute atomic E-state index is 0.197. The van der Waals surface area contributed by atoms with Gasteiger partial charge in [-0.25, -0.2) is 8.42 Å². The zero-order chi connectivity index (χ0) is 14.9. The molecule has 2 bridgehead atoms. The van der Waals surface area contributed by atoms with Crippen LogP contribution in [0.25, 0.3) is 0 Å². The standard InChI is InChI=1S/C9H9ClF5NO2S/c1-19(17,18)16-6-3-2-5(4-6)7(16,8(10,11)12)9(13,14)15/h2-3,5-6H,4H2,1H3/t5-,6-,7+/m1/s1. The lowest BCUT2D eigenvalue weighted by Gasteiger charge is -2.45. The molecule has 1 saturated heterocycles. The van der Waals surface area contributed by atoms with E-state index in [-0.39, 0.29) is 10.7 Å². The van der Waals surface area contributed by atoms with Gasteiger partial charge in [-0.1, -0.05) is 12.2 Å². The molecule has 0 spiro atoms. The Morgan fingerprint density at radius 2 is 1.79 bits per heavy atom. The largest absolute Gasteiger partial charge is 0.415 e. The Morgan fingerprint density at radius 1 is 1.26 bits per heavy atom. The summed E-state index contributed by atoms with van der Waals surface area (Å²) in [5.74, 6) is -1.69. The van der Waals surface area contributed by atoms with E-state index in [1.165, 1.54) is 6.08 Å². The first-order chi connectivity index (χ1) is 8.33. The molecule has 0 saturated carbocycles. The molecule has 0 aromatic heterocycles. The van der Waals surface area contributed by atoms with Crippen molar-refractivity contribution in [2.75, 3.05) is 6.26 Å². The lowest BCUT2D eigenvalue weighted by molar-refractivity contribution is -0.269. The minimum atomic E-state index is -5.49. The quantitative estimate of drug-likeness (QED) is 0.444. The van der Waals surface area contributed by atoms with Gasteiger partial charge in [-0.3, -0.25) is 0 Å². The Hall–Kier alpha value is -0.410. The average Bonchev–Trinajstić information content (AvgIpc) is 2.69. The molecule has 0 aromatic rings. The van der Waals surface area contributed by atoms with Crippen LogP contribution in [0.15, 0.2) is 12.2 Å². The van der Waals surface area contributed by atoms with Gasteiger partial charge in [0.15, 0.2) is 0 Å². The van der Waals surface area contributed by atoms with Gasteiger partial charge in [0.25, 0.3) is 0 Å². The van der Waals surface area contributed by atoms with Gasteiger partial charge < -0.3 is 0 Å². The fourth-order valence-corrected chi connectivity index (χ4v) is 4.84. The van der Waals surface area contributed by atoms with E-state index in [0.717, 1.165) is 6.08 Å². The molecule has 10 heteroatoms. The summed E-state index contributed by atoms with van der Waals surface area (Å²) in [5.41, 5.74) is -3.92. The zero-order valence-electron chi connectivity index (χ0n) is 9.46. The van der Waals surface area contributed by atoms with E-state index in [1.54, 1.807) is 0 Å². The summed E-state index contributed by atoms with van der Waals surface area (Å²) in [7, 11) is -4.51. The number of halogens is 6. The van der Waals surface area contributed by atoms with Crippen LogP contribution in [0.1, 0.15) is 6.42 Å². The van der Waals surface area contributed by atoms with Crippen molar-refractivity contribution >= 4 is 21.6 Å². The predicted molar refractivity (Wildman–Crippen MR) is 57.3 cm³/mol. The normalized spacial score (nSPS) is 36.2. The molecule has 1 heterocycles. The van der Waals surface area contributed by atoms with Gasteiger partial charge in [0.05, 0.1) is 6.26 Å². The molecule has 0 amide bonds. The van der Waals surface area contributed by atoms with Gasteiger partial charge >= 0.3 is 11.6 Å². The first kappa shape index (κ1) is 15.0. The monoisotopic (exact) mass is 325 g/mol. The first-order valence-corrected chi connectivity index (χ1v) is 7.37. The highest BCUT2D eigenvalue weighted by atomic mass is 35.5. The number of fused-ring (bicyclic) bond motifs is 2. The fourth-order valence-electron chi connectivity index (χ4n) is 2.93. The molecule has 3 atom stereocenters. The van der Waals surface area contributed by atoms with Crippen LogP contribution in [-0.2, 0) is 10.0 Å². The summed E-state index contributed by atoms with van der Waals surface area (Å²) in [6, 6.07) is -1.24. The second-order valence-electron chi connectivity index (χ2n) is 4.62. The summed E-state index contributed by atoms with van der Waals surface area (Å²) < 4.78 is 89.6.